The summed E-state index contributed by atoms with van der Waals surface area (Å²) in [6, 6.07) is 3.73. The third-order valence-corrected chi connectivity index (χ3v) is 3.88. The molecule has 0 bridgehead atoms. The molecular formula is C11H12BrClN2O. The van der Waals surface area contributed by atoms with Crippen molar-refractivity contribution < 1.29 is 4.79 Å². The van der Waals surface area contributed by atoms with E-state index < -0.39 is 0 Å². The maximum absolute atomic E-state index is 11.8. The molecule has 0 aliphatic carbocycles. The Labute approximate surface area is 108 Å². The van der Waals surface area contributed by atoms with Crippen molar-refractivity contribution in [2.24, 2.45) is 5.92 Å². The minimum Gasteiger partial charge on any atom is -0.309 e. The molecule has 86 valence electrons. The lowest BCUT2D eigenvalue weighted by molar-refractivity contribution is -0.117. The number of pyridine rings is 1. The number of carbonyl (C=O) groups is 1. The van der Waals surface area contributed by atoms with Crippen LogP contribution in [-0.2, 0) is 4.79 Å². The van der Waals surface area contributed by atoms with Crippen molar-refractivity contribution in [3.05, 3.63) is 23.0 Å². The summed E-state index contributed by atoms with van der Waals surface area (Å²) in [4.78, 5) is 17.7. The topological polar surface area (TPSA) is 33.2 Å². The van der Waals surface area contributed by atoms with E-state index in [-0.39, 0.29) is 5.91 Å². The molecule has 1 atom stereocenters. The number of rotatable bonds is 2. The Kier molecular flexibility index (Phi) is 3.50. The number of nitrogens with zero attached hydrogens (tertiary/aromatic N) is 2. The fourth-order valence-corrected chi connectivity index (χ4v) is 2.57. The number of hydrogen-bond donors (Lipinski definition) is 0. The summed E-state index contributed by atoms with van der Waals surface area (Å²) in [5.41, 5.74) is 1.58. The molecule has 1 saturated heterocycles. The van der Waals surface area contributed by atoms with E-state index in [9.17, 15) is 4.79 Å². The Morgan fingerprint density at radius 1 is 1.62 bits per heavy atom. The first-order valence-electron chi connectivity index (χ1n) is 5.11. The first kappa shape index (κ1) is 11.9. The highest BCUT2D eigenvalue weighted by Crippen LogP contribution is 2.30. The van der Waals surface area contributed by atoms with Gasteiger partial charge in [0.15, 0.2) is 5.15 Å². The van der Waals surface area contributed by atoms with Gasteiger partial charge in [-0.3, -0.25) is 4.79 Å². The minimum absolute atomic E-state index is 0.122. The second kappa shape index (κ2) is 4.72. The molecule has 1 aromatic rings. The maximum atomic E-state index is 11.8. The van der Waals surface area contributed by atoms with Gasteiger partial charge in [0, 0.05) is 24.0 Å². The average molecular weight is 304 g/mol. The van der Waals surface area contributed by atoms with E-state index in [1.165, 1.54) is 0 Å². The molecule has 16 heavy (non-hydrogen) atoms. The number of hydrogen-bond acceptors (Lipinski definition) is 2. The van der Waals surface area contributed by atoms with Gasteiger partial charge in [0.05, 0.1) is 5.69 Å². The van der Waals surface area contributed by atoms with Crippen molar-refractivity contribution in [3.63, 3.8) is 0 Å². The van der Waals surface area contributed by atoms with Crippen molar-refractivity contribution in [2.75, 3.05) is 16.8 Å². The highest BCUT2D eigenvalue weighted by atomic mass is 79.9. The predicted molar refractivity (Wildman–Crippen MR) is 68.2 cm³/mol. The summed E-state index contributed by atoms with van der Waals surface area (Å²) in [5.74, 6) is 0.488. The first-order valence-corrected chi connectivity index (χ1v) is 6.61. The Morgan fingerprint density at radius 2 is 2.38 bits per heavy atom. The number of anilines is 1. The Hall–Kier alpha value is -0.610. The van der Waals surface area contributed by atoms with E-state index in [0.29, 0.717) is 24.0 Å². The highest BCUT2D eigenvalue weighted by Gasteiger charge is 2.31. The molecule has 1 fully saturated rings. The van der Waals surface area contributed by atoms with Crippen LogP contribution in [0.2, 0.25) is 5.15 Å². The molecule has 5 heteroatoms. The fraction of sp³-hybridized carbons (Fsp3) is 0.455. The molecule has 2 rings (SSSR count). The number of alkyl halides is 1. The normalized spacial score (nSPS) is 20.6. The van der Waals surface area contributed by atoms with E-state index >= 15 is 0 Å². The SMILES string of the molecule is Cc1ccc(N2CC(CBr)CC2=O)c(Cl)n1. The van der Waals surface area contributed by atoms with E-state index in [1.807, 2.05) is 19.1 Å². The van der Waals surface area contributed by atoms with Crippen LogP contribution in [0.4, 0.5) is 5.69 Å². The molecular weight excluding hydrogens is 291 g/mol. The summed E-state index contributed by atoms with van der Waals surface area (Å²) in [6.45, 7) is 2.59. The molecule has 0 radical (unpaired) electrons. The van der Waals surface area contributed by atoms with Gasteiger partial charge in [-0.2, -0.15) is 0 Å². The highest BCUT2D eigenvalue weighted by molar-refractivity contribution is 9.09. The summed E-state index contributed by atoms with van der Waals surface area (Å²) in [5, 5.41) is 1.25. The molecule has 1 amide bonds. The molecule has 0 saturated carbocycles. The van der Waals surface area contributed by atoms with Crippen LogP contribution < -0.4 is 4.90 Å². The van der Waals surface area contributed by atoms with Crippen LogP contribution in [0.15, 0.2) is 12.1 Å². The van der Waals surface area contributed by atoms with Crippen LogP contribution in [-0.4, -0.2) is 22.8 Å². The van der Waals surface area contributed by atoms with Gasteiger partial charge in [0.1, 0.15) is 0 Å². The van der Waals surface area contributed by atoms with Crippen molar-refractivity contribution in [3.8, 4) is 0 Å². The summed E-state index contributed by atoms with van der Waals surface area (Å²) in [7, 11) is 0. The van der Waals surface area contributed by atoms with Crippen LogP contribution in [0.25, 0.3) is 0 Å². The molecule has 1 aromatic heterocycles. The molecule has 0 spiro atoms. The third kappa shape index (κ3) is 2.23. The van der Waals surface area contributed by atoms with E-state index in [0.717, 1.165) is 16.7 Å². The molecule has 1 aliphatic rings. The number of amides is 1. The number of halogens is 2. The second-order valence-electron chi connectivity index (χ2n) is 3.99. The quantitative estimate of drug-likeness (QED) is 0.622. The van der Waals surface area contributed by atoms with Gasteiger partial charge < -0.3 is 4.90 Å². The molecule has 3 nitrogen and oxygen atoms in total. The van der Waals surface area contributed by atoms with Gasteiger partial charge in [-0.15, -0.1) is 0 Å². The van der Waals surface area contributed by atoms with Crippen LogP contribution in [0, 0.1) is 12.8 Å². The largest absolute Gasteiger partial charge is 0.309 e. The lowest BCUT2D eigenvalue weighted by Crippen LogP contribution is -2.25. The van der Waals surface area contributed by atoms with Gasteiger partial charge in [0.2, 0.25) is 5.91 Å². The first-order chi connectivity index (χ1) is 7.61. The zero-order valence-electron chi connectivity index (χ0n) is 8.91. The van der Waals surface area contributed by atoms with E-state index in [4.69, 9.17) is 11.6 Å². The minimum atomic E-state index is 0.122. The third-order valence-electron chi connectivity index (χ3n) is 2.68. The van der Waals surface area contributed by atoms with Crippen LogP contribution in [0.5, 0.6) is 0 Å². The van der Waals surface area contributed by atoms with E-state index in [2.05, 4.69) is 20.9 Å². The van der Waals surface area contributed by atoms with Gasteiger partial charge in [0.25, 0.3) is 0 Å². The number of aryl methyl sites for hydroxylation is 1. The van der Waals surface area contributed by atoms with Gasteiger partial charge >= 0.3 is 0 Å². The van der Waals surface area contributed by atoms with E-state index in [1.54, 1.807) is 4.90 Å². The standard InChI is InChI=1S/C11H12BrClN2O/c1-7-2-3-9(11(13)14-7)15-6-8(5-12)4-10(15)16/h2-3,8H,4-6H2,1H3. The summed E-state index contributed by atoms with van der Waals surface area (Å²) in [6.07, 6.45) is 0.579. The molecule has 0 N–H and O–H groups in total. The summed E-state index contributed by atoms with van der Waals surface area (Å²) >= 11 is 9.46. The van der Waals surface area contributed by atoms with Crippen LogP contribution in [0.1, 0.15) is 12.1 Å². The smallest absolute Gasteiger partial charge is 0.227 e. The Morgan fingerprint density at radius 3 is 2.94 bits per heavy atom. The number of carbonyl (C=O) groups excluding carboxylic acids is 1. The predicted octanol–water partition coefficient (Wildman–Crippen LogP) is 2.79. The molecule has 2 heterocycles. The maximum Gasteiger partial charge on any atom is 0.227 e. The van der Waals surface area contributed by atoms with Gasteiger partial charge in [-0.25, -0.2) is 4.98 Å². The van der Waals surface area contributed by atoms with Gasteiger partial charge in [-0.05, 0) is 25.0 Å². The van der Waals surface area contributed by atoms with Crippen LogP contribution in [0.3, 0.4) is 0 Å². The molecule has 1 aliphatic heterocycles. The Bertz CT molecular complexity index is 424. The number of aromatic nitrogens is 1. The lowest BCUT2D eigenvalue weighted by atomic mass is 10.2. The zero-order chi connectivity index (χ0) is 11.7. The average Bonchev–Trinajstić information content (AvgIpc) is 2.60. The zero-order valence-corrected chi connectivity index (χ0v) is 11.3. The van der Waals surface area contributed by atoms with Gasteiger partial charge in [-0.1, -0.05) is 27.5 Å². The second-order valence-corrected chi connectivity index (χ2v) is 5.00. The van der Waals surface area contributed by atoms with Crippen LogP contribution >= 0.6 is 27.5 Å². The summed E-state index contributed by atoms with van der Waals surface area (Å²) < 4.78 is 0. The monoisotopic (exact) mass is 302 g/mol. The van der Waals surface area contributed by atoms with Crippen molar-refractivity contribution in [1.29, 1.82) is 0 Å². The van der Waals surface area contributed by atoms with Crippen molar-refractivity contribution in [2.45, 2.75) is 13.3 Å². The fourth-order valence-electron chi connectivity index (χ4n) is 1.84. The molecule has 1 unspecified atom stereocenters. The Balaban J connectivity index is 2.28. The lowest BCUT2D eigenvalue weighted by Gasteiger charge is -2.17. The van der Waals surface area contributed by atoms with Crippen molar-refractivity contribution >= 4 is 39.1 Å². The van der Waals surface area contributed by atoms with Crippen molar-refractivity contribution in [1.82, 2.24) is 4.98 Å². The molecule has 0 aromatic carbocycles.